The molecule has 94 valence electrons. The summed E-state index contributed by atoms with van der Waals surface area (Å²) >= 11 is 0. The molecule has 0 unspecified atom stereocenters. The quantitative estimate of drug-likeness (QED) is 0.830. The minimum Gasteiger partial charge on any atom is -0.495 e. The van der Waals surface area contributed by atoms with E-state index in [2.05, 4.69) is 4.74 Å². The van der Waals surface area contributed by atoms with Gasteiger partial charge in [0.25, 0.3) is 0 Å². The van der Waals surface area contributed by atoms with Crippen LogP contribution in [0.2, 0.25) is 0 Å². The van der Waals surface area contributed by atoms with Crippen molar-refractivity contribution in [2.45, 2.75) is 12.6 Å². The number of hydrogen-bond donors (Lipinski definition) is 1. The fourth-order valence-electron chi connectivity index (χ4n) is 1.47. The van der Waals surface area contributed by atoms with Gasteiger partial charge in [0.15, 0.2) is 5.78 Å². The summed E-state index contributed by atoms with van der Waals surface area (Å²) < 4.78 is 42.6. The molecule has 3 nitrogen and oxygen atoms in total. The van der Waals surface area contributed by atoms with Crippen LogP contribution in [0.4, 0.5) is 13.2 Å². The number of para-hydroxylation sites is 1. The van der Waals surface area contributed by atoms with Crippen molar-refractivity contribution in [3.05, 3.63) is 29.3 Å². The van der Waals surface area contributed by atoms with Gasteiger partial charge in [-0.15, -0.1) is 0 Å². The summed E-state index contributed by atoms with van der Waals surface area (Å²) in [6.07, 6.45) is -4.57. The van der Waals surface area contributed by atoms with Gasteiger partial charge in [-0.05, 0) is 18.7 Å². The molecule has 0 atom stereocenters. The van der Waals surface area contributed by atoms with Crippen LogP contribution in [0.3, 0.4) is 0 Å². The zero-order valence-corrected chi connectivity index (χ0v) is 9.17. The number of rotatable bonds is 4. The van der Waals surface area contributed by atoms with Gasteiger partial charge < -0.3 is 10.5 Å². The number of hydrogen-bond acceptors (Lipinski definition) is 3. The molecule has 1 aromatic rings. The maximum atomic E-state index is 12.6. The summed E-state index contributed by atoms with van der Waals surface area (Å²) in [6.45, 7) is 0.0816. The van der Waals surface area contributed by atoms with E-state index in [1.807, 2.05) is 0 Å². The van der Waals surface area contributed by atoms with Crippen molar-refractivity contribution in [1.29, 1.82) is 0 Å². The third kappa shape index (κ3) is 2.97. The predicted octanol–water partition coefficient (Wildman–Crippen LogP) is 2.25. The second-order valence-electron chi connectivity index (χ2n) is 3.35. The van der Waals surface area contributed by atoms with Gasteiger partial charge in [-0.2, -0.15) is 13.2 Å². The van der Waals surface area contributed by atoms with Crippen molar-refractivity contribution in [2.24, 2.45) is 5.73 Å². The molecule has 0 aliphatic heterocycles. The van der Waals surface area contributed by atoms with E-state index in [0.717, 1.165) is 13.2 Å². The lowest BCUT2D eigenvalue weighted by atomic mass is 10.0. The third-order valence-corrected chi connectivity index (χ3v) is 2.20. The fourth-order valence-corrected chi connectivity index (χ4v) is 1.47. The van der Waals surface area contributed by atoms with Gasteiger partial charge in [-0.1, -0.05) is 6.07 Å². The molecule has 0 heterocycles. The van der Waals surface area contributed by atoms with Gasteiger partial charge in [0.1, 0.15) is 5.75 Å². The molecule has 0 aliphatic carbocycles. The largest absolute Gasteiger partial charge is 0.495 e. The van der Waals surface area contributed by atoms with E-state index in [-0.39, 0.29) is 18.5 Å². The van der Waals surface area contributed by atoms with Gasteiger partial charge in [-0.3, -0.25) is 4.79 Å². The smallest absolute Gasteiger partial charge is 0.419 e. The van der Waals surface area contributed by atoms with Crippen LogP contribution in [-0.2, 0) is 6.18 Å². The van der Waals surface area contributed by atoms with E-state index in [0.29, 0.717) is 0 Å². The highest BCUT2D eigenvalue weighted by Crippen LogP contribution is 2.38. The van der Waals surface area contributed by atoms with Gasteiger partial charge in [-0.25, -0.2) is 0 Å². The summed E-state index contributed by atoms with van der Waals surface area (Å²) in [4.78, 5) is 11.6. The van der Waals surface area contributed by atoms with Gasteiger partial charge >= 0.3 is 6.18 Å². The summed E-state index contributed by atoms with van der Waals surface area (Å²) in [5.41, 5.74) is 4.15. The highest BCUT2D eigenvalue weighted by atomic mass is 19.4. The number of carbonyl (C=O) groups is 1. The van der Waals surface area contributed by atoms with Gasteiger partial charge in [0.05, 0.1) is 18.2 Å². The summed E-state index contributed by atoms with van der Waals surface area (Å²) in [5, 5.41) is 0. The van der Waals surface area contributed by atoms with Crippen LogP contribution in [0, 0.1) is 0 Å². The molecule has 17 heavy (non-hydrogen) atoms. The topological polar surface area (TPSA) is 52.3 Å². The minimum absolute atomic E-state index is 0.0162. The summed E-state index contributed by atoms with van der Waals surface area (Å²) in [6, 6.07) is 3.35. The SMILES string of the molecule is COc1c(C(=O)CCN)cccc1C(F)(F)F. The normalized spacial score (nSPS) is 11.4. The molecular weight excluding hydrogens is 235 g/mol. The maximum Gasteiger partial charge on any atom is 0.419 e. The van der Waals surface area contributed by atoms with Crippen LogP contribution in [0.1, 0.15) is 22.3 Å². The number of Topliss-reactive ketones (excluding diaryl/α,β-unsaturated/α-hetero) is 1. The second-order valence-corrected chi connectivity index (χ2v) is 3.35. The highest BCUT2D eigenvalue weighted by molar-refractivity contribution is 5.99. The number of halogens is 3. The Balaban J connectivity index is 3.29. The Morgan fingerprint density at radius 3 is 2.53 bits per heavy atom. The van der Waals surface area contributed by atoms with Crippen LogP contribution in [0.15, 0.2) is 18.2 Å². The van der Waals surface area contributed by atoms with E-state index in [1.54, 1.807) is 0 Å². The first-order valence-corrected chi connectivity index (χ1v) is 4.89. The monoisotopic (exact) mass is 247 g/mol. The first-order chi connectivity index (χ1) is 7.91. The molecule has 0 fully saturated rings. The Morgan fingerprint density at radius 2 is 2.06 bits per heavy atom. The molecule has 1 aromatic carbocycles. The fraction of sp³-hybridized carbons (Fsp3) is 0.364. The molecule has 0 saturated heterocycles. The number of benzene rings is 1. The Labute approximate surface area is 96.4 Å². The molecule has 0 radical (unpaired) electrons. The van der Waals surface area contributed by atoms with E-state index >= 15 is 0 Å². The molecule has 0 aromatic heterocycles. The van der Waals surface area contributed by atoms with Crippen molar-refractivity contribution in [3.8, 4) is 5.75 Å². The van der Waals surface area contributed by atoms with Crippen molar-refractivity contribution in [3.63, 3.8) is 0 Å². The standard InChI is InChI=1S/C11H12F3NO2/c1-17-10-7(9(16)5-6-15)3-2-4-8(10)11(12,13)14/h2-4H,5-6,15H2,1H3. The Morgan fingerprint density at radius 1 is 1.41 bits per heavy atom. The predicted molar refractivity (Wildman–Crippen MR) is 56.0 cm³/mol. The lowest BCUT2D eigenvalue weighted by molar-refractivity contribution is -0.138. The molecule has 0 aliphatic rings. The Bertz CT molecular complexity index is 416. The zero-order chi connectivity index (χ0) is 13.1. The first-order valence-electron chi connectivity index (χ1n) is 4.89. The molecule has 0 saturated carbocycles. The highest BCUT2D eigenvalue weighted by Gasteiger charge is 2.35. The lowest BCUT2D eigenvalue weighted by Gasteiger charge is -2.14. The number of ether oxygens (including phenoxy) is 1. The van der Waals surface area contributed by atoms with Crippen molar-refractivity contribution in [1.82, 2.24) is 0 Å². The molecule has 6 heteroatoms. The zero-order valence-electron chi connectivity index (χ0n) is 9.17. The third-order valence-electron chi connectivity index (χ3n) is 2.20. The van der Waals surface area contributed by atoms with Crippen molar-refractivity contribution >= 4 is 5.78 Å². The van der Waals surface area contributed by atoms with Crippen LogP contribution in [-0.4, -0.2) is 19.4 Å². The van der Waals surface area contributed by atoms with Crippen LogP contribution < -0.4 is 10.5 Å². The molecule has 2 N–H and O–H groups in total. The van der Waals surface area contributed by atoms with E-state index in [4.69, 9.17) is 5.73 Å². The first kappa shape index (κ1) is 13.5. The van der Waals surface area contributed by atoms with Gasteiger partial charge in [0, 0.05) is 6.42 Å². The number of ketones is 1. The Kier molecular flexibility index (Phi) is 4.11. The number of nitrogens with two attached hydrogens (primary N) is 1. The van der Waals surface area contributed by atoms with Crippen LogP contribution >= 0.6 is 0 Å². The molecular formula is C11H12F3NO2. The molecule has 1 rings (SSSR count). The lowest BCUT2D eigenvalue weighted by Crippen LogP contribution is -2.13. The summed E-state index contributed by atoms with van der Waals surface area (Å²) in [5.74, 6) is -0.908. The minimum atomic E-state index is -4.55. The average Bonchev–Trinajstić information content (AvgIpc) is 2.27. The number of alkyl halides is 3. The van der Waals surface area contributed by atoms with E-state index in [1.165, 1.54) is 12.1 Å². The van der Waals surface area contributed by atoms with Crippen molar-refractivity contribution in [2.75, 3.05) is 13.7 Å². The Hall–Kier alpha value is -1.56. The van der Waals surface area contributed by atoms with Crippen LogP contribution in [0.25, 0.3) is 0 Å². The average molecular weight is 247 g/mol. The second kappa shape index (κ2) is 5.18. The number of carbonyl (C=O) groups excluding carboxylic acids is 1. The van der Waals surface area contributed by atoms with Crippen molar-refractivity contribution < 1.29 is 22.7 Å². The summed E-state index contributed by atoms with van der Waals surface area (Å²) in [7, 11) is 1.10. The molecule has 0 spiro atoms. The number of methoxy groups -OCH3 is 1. The van der Waals surface area contributed by atoms with Crippen LogP contribution in [0.5, 0.6) is 5.75 Å². The molecule has 0 amide bonds. The molecule has 0 bridgehead atoms. The van der Waals surface area contributed by atoms with E-state index in [9.17, 15) is 18.0 Å². The maximum absolute atomic E-state index is 12.6. The van der Waals surface area contributed by atoms with Gasteiger partial charge in [0.2, 0.25) is 0 Å². The van der Waals surface area contributed by atoms with E-state index < -0.39 is 23.3 Å².